The Kier molecular flexibility index (Phi) is 4.32. The second kappa shape index (κ2) is 4.62. The first-order valence-electron chi connectivity index (χ1n) is 3.10. The Morgan fingerprint density at radius 2 is 2.12 bits per heavy atom. The van der Waals surface area contributed by atoms with Crippen molar-refractivity contribution in [3.05, 3.63) is 0 Å². The Labute approximate surface area is 50.8 Å². The van der Waals surface area contributed by atoms with Crippen LogP contribution in [0.5, 0.6) is 0 Å². The van der Waals surface area contributed by atoms with Gasteiger partial charge in [0, 0.05) is 5.71 Å². The van der Waals surface area contributed by atoms with E-state index in [9.17, 15) is 0 Å². The van der Waals surface area contributed by atoms with Gasteiger partial charge >= 0.3 is 0 Å². The van der Waals surface area contributed by atoms with E-state index >= 15 is 0 Å². The van der Waals surface area contributed by atoms with E-state index in [0.29, 0.717) is 0 Å². The van der Waals surface area contributed by atoms with Crippen LogP contribution in [0.3, 0.4) is 0 Å². The van der Waals surface area contributed by atoms with Crippen LogP contribution in [0.1, 0.15) is 33.1 Å². The van der Waals surface area contributed by atoms with Gasteiger partial charge in [0.15, 0.2) is 0 Å². The molecular formula is C6H14N2. The molecule has 0 spiro atoms. The van der Waals surface area contributed by atoms with E-state index in [2.05, 4.69) is 18.9 Å². The van der Waals surface area contributed by atoms with Crippen LogP contribution in [0, 0.1) is 0 Å². The van der Waals surface area contributed by atoms with E-state index in [1.54, 1.807) is 0 Å². The van der Waals surface area contributed by atoms with Crippen LogP contribution < -0.4 is 5.84 Å². The summed E-state index contributed by atoms with van der Waals surface area (Å²) in [5, 5.41) is 3.61. The average Bonchev–Trinajstić information content (AvgIpc) is 1.83. The molecular weight excluding hydrogens is 100 g/mol. The van der Waals surface area contributed by atoms with Crippen LogP contribution in [-0.4, -0.2) is 5.71 Å². The molecule has 0 aliphatic heterocycles. The summed E-state index contributed by atoms with van der Waals surface area (Å²) >= 11 is 0. The maximum Gasteiger partial charge on any atom is 0.0373 e. The molecule has 0 bridgehead atoms. The largest absolute Gasteiger partial charge is 0.323 e. The van der Waals surface area contributed by atoms with Gasteiger partial charge in [-0.05, 0) is 12.8 Å². The van der Waals surface area contributed by atoms with Gasteiger partial charge in [-0.1, -0.05) is 20.3 Å². The predicted molar refractivity (Wildman–Crippen MR) is 36.8 cm³/mol. The topological polar surface area (TPSA) is 38.4 Å². The van der Waals surface area contributed by atoms with Gasteiger partial charge in [0.25, 0.3) is 0 Å². The summed E-state index contributed by atoms with van der Waals surface area (Å²) in [6, 6.07) is 0. The summed E-state index contributed by atoms with van der Waals surface area (Å²) in [5.41, 5.74) is 1.12. The molecule has 0 aromatic heterocycles. The average molecular weight is 114 g/mol. The van der Waals surface area contributed by atoms with Crippen molar-refractivity contribution in [1.29, 1.82) is 0 Å². The van der Waals surface area contributed by atoms with Gasteiger partial charge in [-0.15, -0.1) is 0 Å². The zero-order valence-electron chi connectivity index (χ0n) is 5.65. The molecule has 48 valence electrons. The molecule has 2 nitrogen and oxygen atoms in total. The van der Waals surface area contributed by atoms with Crippen molar-refractivity contribution in [2.24, 2.45) is 10.9 Å². The molecule has 0 aromatic rings. The number of hydrazone groups is 1. The van der Waals surface area contributed by atoms with E-state index in [-0.39, 0.29) is 0 Å². The standard InChI is InChI=1S/C6H14N2/c1-3-5-6(4-2)8-7/h3-5,7H2,1-2H3/b8-6+. The van der Waals surface area contributed by atoms with Gasteiger partial charge in [0.2, 0.25) is 0 Å². The van der Waals surface area contributed by atoms with Crippen LogP contribution in [0.2, 0.25) is 0 Å². The van der Waals surface area contributed by atoms with Crippen LogP contribution in [0.15, 0.2) is 5.10 Å². The quantitative estimate of drug-likeness (QED) is 0.337. The SMILES string of the molecule is CCC/C(CC)=N/N. The molecule has 0 unspecified atom stereocenters. The lowest BCUT2D eigenvalue weighted by Crippen LogP contribution is -1.98. The van der Waals surface area contributed by atoms with Crippen molar-refractivity contribution in [2.75, 3.05) is 0 Å². The summed E-state index contributed by atoms with van der Waals surface area (Å²) in [5.74, 6) is 5.06. The number of rotatable bonds is 3. The molecule has 2 N–H and O–H groups in total. The van der Waals surface area contributed by atoms with Crippen molar-refractivity contribution >= 4 is 5.71 Å². The molecule has 0 saturated heterocycles. The van der Waals surface area contributed by atoms with E-state index in [1.165, 1.54) is 0 Å². The first-order valence-corrected chi connectivity index (χ1v) is 3.10. The summed E-state index contributed by atoms with van der Waals surface area (Å²) in [4.78, 5) is 0. The fraction of sp³-hybridized carbons (Fsp3) is 0.833. The normalized spacial score (nSPS) is 12.0. The van der Waals surface area contributed by atoms with Gasteiger partial charge in [-0.2, -0.15) is 5.10 Å². The van der Waals surface area contributed by atoms with Gasteiger partial charge in [0.05, 0.1) is 0 Å². The Balaban J connectivity index is 3.38. The third-order valence-corrected chi connectivity index (χ3v) is 1.13. The lowest BCUT2D eigenvalue weighted by molar-refractivity contribution is 0.954. The molecule has 8 heavy (non-hydrogen) atoms. The molecule has 0 radical (unpaired) electrons. The predicted octanol–water partition coefficient (Wildman–Crippen LogP) is 1.51. The molecule has 0 rings (SSSR count). The lowest BCUT2D eigenvalue weighted by Gasteiger charge is -1.95. The van der Waals surface area contributed by atoms with E-state index < -0.39 is 0 Å². The molecule has 0 aliphatic carbocycles. The van der Waals surface area contributed by atoms with E-state index in [1.807, 2.05) is 0 Å². The van der Waals surface area contributed by atoms with Crippen LogP contribution in [-0.2, 0) is 0 Å². The maximum atomic E-state index is 5.06. The van der Waals surface area contributed by atoms with Crippen molar-refractivity contribution in [3.63, 3.8) is 0 Å². The van der Waals surface area contributed by atoms with E-state index in [4.69, 9.17) is 5.84 Å². The molecule has 0 heterocycles. The van der Waals surface area contributed by atoms with Gasteiger partial charge in [-0.3, -0.25) is 0 Å². The molecule has 0 aromatic carbocycles. The second-order valence-corrected chi connectivity index (χ2v) is 1.80. The monoisotopic (exact) mass is 114 g/mol. The third-order valence-electron chi connectivity index (χ3n) is 1.13. The smallest absolute Gasteiger partial charge is 0.0373 e. The highest BCUT2D eigenvalue weighted by Gasteiger charge is 1.89. The number of nitrogens with two attached hydrogens (primary N) is 1. The van der Waals surface area contributed by atoms with Gasteiger partial charge in [0.1, 0.15) is 0 Å². The highest BCUT2D eigenvalue weighted by atomic mass is 15.1. The number of hydrogen-bond donors (Lipinski definition) is 1. The Morgan fingerprint density at radius 3 is 2.25 bits per heavy atom. The fourth-order valence-electron chi connectivity index (χ4n) is 0.621. The highest BCUT2D eigenvalue weighted by Crippen LogP contribution is 1.93. The van der Waals surface area contributed by atoms with Crippen molar-refractivity contribution in [2.45, 2.75) is 33.1 Å². The Bertz CT molecular complexity index is 76.6. The zero-order chi connectivity index (χ0) is 6.41. The summed E-state index contributed by atoms with van der Waals surface area (Å²) in [6.07, 6.45) is 3.18. The number of nitrogens with zero attached hydrogens (tertiary/aromatic N) is 1. The van der Waals surface area contributed by atoms with Crippen molar-refractivity contribution in [3.8, 4) is 0 Å². The molecule has 0 amide bonds. The van der Waals surface area contributed by atoms with Gasteiger partial charge < -0.3 is 5.84 Å². The van der Waals surface area contributed by atoms with Gasteiger partial charge in [-0.25, -0.2) is 0 Å². The van der Waals surface area contributed by atoms with Crippen molar-refractivity contribution < 1.29 is 0 Å². The summed E-state index contributed by atoms with van der Waals surface area (Å²) in [6.45, 7) is 4.20. The first-order chi connectivity index (χ1) is 3.85. The molecule has 0 fully saturated rings. The third kappa shape index (κ3) is 2.61. The molecule has 0 aliphatic rings. The minimum atomic E-state index is 0.990. The van der Waals surface area contributed by atoms with Crippen LogP contribution >= 0.6 is 0 Å². The number of hydrogen-bond acceptors (Lipinski definition) is 2. The highest BCUT2D eigenvalue weighted by molar-refractivity contribution is 5.83. The maximum absolute atomic E-state index is 5.06. The van der Waals surface area contributed by atoms with Crippen molar-refractivity contribution in [1.82, 2.24) is 0 Å². The lowest BCUT2D eigenvalue weighted by atomic mass is 10.2. The second-order valence-electron chi connectivity index (χ2n) is 1.80. The molecule has 0 saturated carbocycles. The zero-order valence-corrected chi connectivity index (χ0v) is 5.65. The van der Waals surface area contributed by atoms with E-state index in [0.717, 1.165) is 25.0 Å². The first kappa shape index (κ1) is 7.47. The summed E-state index contributed by atoms with van der Waals surface area (Å²) in [7, 11) is 0. The Morgan fingerprint density at radius 1 is 1.50 bits per heavy atom. The molecule has 2 heteroatoms. The minimum Gasteiger partial charge on any atom is -0.323 e. The van der Waals surface area contributed by atoms with Crippen LogP contribution in [0.4, 0.5) is 0 Å². The minimum absolute atomic E-state index is 0.990. The fourth-order valence-corrected chi connectivity index (χ4v) is 0.621. The summed E-state index contributed by atoms with van der Waals surface area (Å²) < 4.78 is 0. The molecule has 0 atom stereocenters. The van der Waals surface area contributed by atoms with Crippen LogP contribution in [0.25, 0.3) is 0 Å². The Hall–Kier alpha value is -0.530.